The average Bonchev–Trinajstić information content (AvgIpc) is 2.46. The third-order valence-corrected chi connectivity index (χ3v) is 5.76. The SMILES string of the molecule is CC(c1ccncc1)N(C)S(=O)(=O)c1ccc(N)cc1Cl. The van der Waals surface area contributed by atoms with Gasteiger partial charge >= 0.3 is 0 Å². The Kier molecular flexibility index (Phi) is 4.51. The van der Waals surface area contributed by atoms with Crippen molar-refractivity contribution in [2.75, 3.05) is 12.8 Å². The molecule has 0 aliphatic heterocycles. The quantitative estimate of drug-likeness (QED) is 0.877. The normalized spacial score (nSPS) is 13.3. The van der Waals surface area contributed by atoms with E-state index < -0.39 is 10.0 Å². The lowest BCUT2D eigenvalue weighted by Gasteiger charge is -2.25. The Morgan fingerprint density at radius 2 is 1.86 bits per heavy atom. The van der Waals surface area contributed by atoms with Crippen molar-refractivity contribution in [2.24, 2.45) is 0 Å². The van der Waals surface area contributed by atoms with E-state index >= 15 is 0 Å². The van der Waals surface area contributed by atoms with E-state index in [1.165, 1.54) is 29.6 Å². The van der Waals surface area contributed by atoms with Crippen molar-refractivity contribution in [3.8, 4) is 0 Å². The maximum Gasteiger partial charge on any atom is 0.244 e. The minimum Gasteiger partial charge on any atom is -0.399 e. The van der Waals surface area contributed by atoms with Gasteiger partial charge in [0, 0.05) is 31.2 Å². The second-order valence-electron chi connectivity index (χ2n) is 4.67. The minimum atomic E-state index is -3.71. The zero-order chi connectivity index (χ0) is 15.6. The first-order valence-electron chi connectivity index (χ1n) is 6.27. The molecule has 1 aromatic carbocycles. The van der Waals surface area contributed by atoms with Crippen LogP contribution in [0.4, 0.5) is 5.69 Å². The first-order chi connectivity index (χ1) is 9.84. The number of benzene rings is 1. The van der Waals surface area contributed by atoms with Crippen LogP contribution in [0.3, 0.4) is 0 Å². The van der Waals surface area contributed by atoms with Crippen molar-refractivity contribution in [1.82, 2.24) is 9.29 Å². The van der Waals surface area contributed by atoms with Gasteiger partial charge in [0.2, 0.25) is 10.0 Å². The molecule has 0 aliphatic carbocycles. The molecule has 1 unspecified atom stereocenters. The van der Waals surface area contributed by atoms with E-state index in [4.69, 9.17) is 17.3 Å². The van der Waals surface area contributed by atoms with E-state index in [0.717, 1.165) is 5.56 Å². The molecular formula is C14H16ClN3O2S. The summed E-state index contributed by atoms with van der Waals surface area (Å²) in [5.74, 6) is 0. The maximum absolute atomic E-state index is 12.7. The molecule has 2 N–H and O–H groups in total. The van der Waals surface area contributed by atoms with Crippen molar-refractivity contribution in [3.05, 3.63) is 53.3 Å². The van der Waals surface area contributed by atoms with E-state index in [-0.39, 0.29) is 16.0 Å². The monoisotopic (exact) mass is 325 g/mol. The summed E-state index contributed by atoms with van der Waals surface area (Å²) in [6, 6.07) is 7.58. The van der Waals surface area contributed by atoms with Gasteiger partial charge in [-0.25, -0.2) is 8.42 Å². The number of pyridine rings is 1. The van der Waals surface area contributed by atoms with Gasteiger partial charge in [-0.3, -0.25) is 4.98 Å². The molecule has 1 aromatic heterocycles. The molecule has 0 aliphatic rings. The fourth-order valence-corrected chi connectivity index (χ4v) is 3.82. The van der Waals surface area contributed by atoms with Crippen LogP contribution in [0.1, 0.15) is 18.5 Å². The number of hydrogen-bond acceptors (Lipinski definition) is 4. The van der Waals surface area contributed by atoms with Crippen LogP contribution in [0.2, 0.25) is 5.02 Å². The molecule has 0 saturated carbocycles. The highest BCUT2D eigenvalue weighted by atomic mass is 35.5. The Bertz CT molecular complexity index is 735. The predicted octanol–water partition coefficient (Wildman–Crippen LogP) is 2.70. The Hall–Kier alpha value is -1.63. The van der Waals surface area contributed by atoms with Gasteiger partial charge in [0.25, 0.3) is 0 Å². The highest BCUT2D eigenvalue weighted by Gasteiger charge is 2.28. The van der Waals surface area contributed by atoms with Crippen LogP contribution in [0.25, 0.3) is 0 Å². The summed E-state index contributed by atoms with van der Waals surface area (Å²) in [6.45, 7) is 1.80. The number of nitrogens with zero attached hydrogens (tertiary/aromatic N) is 2. The second kappa shape index (κ2) is 6.01. The van der Waals surface area contributed by atoms with Gasteiger partial charge in [-0.2, -0.15) is 4.31 Å². The van der Waals surface area contributed by atoms with Crippen LogP contribution in [-0.2, 0) is 10.0 Å². The largest absolute Gasteiger partial charge is 0.399 e. The predicted molar refractivity (Wildman–Crippen MR) is 83.5 cm³/mol. The molecule has 21 heavy (non-hydrogen) atoms. The summed E-state index contributed by atoms with van der Waals surface area (Å²) in [5.41, 5.74) is 6.87. The first-order valence-corrected chi connectivity index (χ1v) is 8.09. The number of rotatable bonds is 4. The molecule has 0 spiro atoms. The van der Waals surface area contributed by atoms with E-state index in [1.54, 1.807) is 31.5 Å². The summed E-state index contributed by atoms with van der Waals surface area (Å²) in [4.78, 5) is 3.97. The number of hydrogen-bond donors (Lipinski definition) is 1. The van der Waals surface area contributed by atoms with Crippen molar-refractivity contribution in [3.63, 3.8) is 0 Å². The van der Waals surface area contributed by atoms with E-state index in [1.807, 2.05) is 0 Å². The second-order valence-corrected chi connectivity index (χ2v) is 7.04. The highest BCUT2D eigenvalue weighted by Crippen LogP contribution is 2.30. The van der Waals surface area contributed by atoms with Crippen molar-refractivity contribution in [2.45, 2.75) is 17.9 Å². The van der Waals surface area contributed by atoms with Gasteiger partial charge < -0.3 is 5.73 Å². The van der Waals surface area contributed by atoms with Crippen molar-refractivity contribution >= 4 is 27.3 Å². The van der Waals surface area contributed by atoms with Crippen LogP contribution in [-0.4, -0.2) is 24.8 Å². The number of halogens is 1. The zero-order valence-electron chi connectivity index (χ0n) is 11.7. The number of anilines is 1. The lowest BCUT2D eigenvalue weighted by Crippen LogP contribution is -2.30. The van der Waals surface area contributed by atoms with Gasteiger partial charge in [-0.1, -0.05) is 11.6 Å². The molecule has 0 fully saturated rings. The Labute approximate surface area is 129 Å². The van der Waals surface area contributed by atoms with Crippen LogP contribution < -0.4 is 5.73 Å². The Morgan fingerprint density at radius 3 is 2.43 bits per heavy atom. The molecular weight excluding hydrogens is 310 g/mol. The summed E-state index contributed by atoms with van der Waals surface area (Å²) >= 11 is 6.01. The zero-order valence-corrected chi connectivity index (χ0v) is 13.3. The van der Waals surface area contributed by atoms with E-state index in [0.29, 0.717) is 5.69 Å². The Balaban J connectivity index is 2.39. The topological polar surface area (TPSA) is 76.3 Å². The fraction of sp³-hybridized carbons (Fsp3) is 0.214. The molecule has 2 rings (SSSR count). The smallest absolute Gasteiger partial charge is 0.244 e. The molecule has 112 valence electrons. The number of nitrogen functional groups attached to an aromatic ring is 1. The van der Waals surface area contributed by atoms with Crippen LogP contribution in [0.5, 0.6) is 0 Å². The number of sulfonamides is 1. The summed E-state index contributed by atoms with van der Waals surface area (Å²) in [7, 11) is -2.19. The fourth-order valence-electron chi connectivity index (χ4n) is 1.94. The molecule has 5 nitrogen and oxygen atoms in total. The molecule has 0 saturated heterocycles. The third-order valence-electron chi connectivity index (χ3n) is 3.35. The summed E-state index contributed by atoms with van der Waals surface area (Å²) in [5, 5.41) is 0.115. The van der Waals surface area contributed by atoms with Crippen LogP contribution >= 0.6 is 11.6 Å². The maximum atomic E-state index is 12.7. The Morgan fingerprint density at radius 1 is 1.24 bits per heavy atom. The van der Waals surface area contributed by atoms with Gasteiger partial charge in [0.1, 0.15) is 4.90 Å². The van der Waals surface area contributed by atoms with Gasteiger partial charge in [0.05, 0.1) is 5.02 Å². The third kappa shape index (κ3) is 3.18. The molecule has 0 amide bonds. The molecule has 0 radical (unpaired) electrons. The standard InChI is InChI=1S/C14H16ClN3O2S/c1-10(11-5-7-17-8-6-11)18(2)21(19,20)14-4-3-12(16)9-13(14)15/h3-10H,16H2,1-2H3. The van der Waals surface area contributed by atoms with E-state index in [2.05, 4.69) is 4.98 Å². The highest BCUT2D eigenvalue weighted by molar-refractivity contribution is 7.89. The molecule has 7 heteroatoms. The lowest BCUT2D eigenvalue weighted by molar-refractivity contribution is 0.398. The summed E-state index contributed by atoms with van der Waals surface area (Å²) in [6.07, 6.45) is 3.25. The van der Waals surface area contributed by atoms with Crippen molar-refractivity contribution < 1.29 is 8.42 Å². The lowest BCUT2D eigenvalue weighted by atomic mass is 10.1. The first kappa shape index (κ1) is 15.8. The van der Waals surface area contributed by atoms with Crippen LogP contribution in [0, 0.1) is 0 Å². The molecule has 0 bridgehead atoms. The van der Waals surface area contributed by atoms with E-state index in [9.17, 15) is 8.42 Å². The average molecular weight is 326 g/mol. The molecule has 1 atom stereocenters. The van der Waals surface area contributed by atoms with Crippen LogP contribution in [0.15, 0.2) is 47.6 Å². The van der Waals surface area contributed by atoms with Crippen molar-refractivity contribution in [1.29, 1.82) is 0 Å². The number of nitrogens with two attached hydrogens (primary N) is 1. The van der Waals surface area contributed by atoms with Gasteiger partial charge in [-0.15, -0.1) is 0 Å². The van der Waals surface area contributed by atoms with Gasteiger partial charge in [0.15, 0.2) is 0 Å². The number of aromatic nitrogens is 1. The molecule has 2 aromatic rings. The minimum absolute atomic E-state index is 0.0433. The molecule has 1 heterocycles. The summed E-state index contributed by atoms with van der Waals surface area (Å²) < 4.78 is 26.6. The van der Waals surface area contributed by atoms with Gasteiger partial charge in [-0.05, 0) is 42.8 Å².